The van der Waals surface area contributed by atoms with Crippen molar-refractivity contribution in [3.05, 3.63) is 66.2 Å². The summed E-state index contributed by atoms with van der Waals surface area (Å²) in [5.41, 5.74) is 9.68. The maximum absolute atomic E-state index is 9.38. The van der Waals surface area contributed by atoms with Crippen LogP contribution in [0.2, 0.25) is 0 Å². The number of nitrogens with one attached hydrogen (secondary N) is 1. The van der Waals surface area contributed by atoms with Crippen LogP contribution in [0.1, 0.15) is 24.1 Å². The number of anilines is 2. The fraction of sp³-hybridized carbons (Fsp3) is 0.105. The van der Waals surface area contributed by atoms with Crippen LogP contribution in [0.4, 0.5) is 11.5 Å². The number of nitrogen functional groups attached to an aromatic ring is 1. The molecule has 3 N–H and O–H groups in total. The van der Waals surface area contributed by atoms with E-state index in [0.717, 1.165) is 22.6 Å². The minimum Gasteiger partial charge on any atom is -0.397 e. The molecule has 0 fully saturated rings. The van der Waals surface area contributed by atoms with Gasteiger partial charge in [0.1, 0.15) is 23.1 Å². The molecular formula is C19H16N8. The Kier molecular flexibility index (Phi) is 4.10. The van der Waals surface area contributed by atoms with E-state index in [4.69, 9.17) is 5.73 Å². The van der Waals surface area contributed by atoms with E-state index >= 15 is 0 Å². The van der Waals surface area contributed by atoms with Crippen LogP contribution in [0.5, 0.6) is 0 Å². The van der Waals surface area contributed by atoms with Gasteiger partial charge in [-0.3, -0.25) is 4.98 Å². The maximum Gasteiger partial charge on any atom is 0.153 e. The van der Waals surface area contributed by atoms with Crippen molar-refractivity contribution in [2.45, 2.75) is 13.0 Å². The predicted molar refractivity (Wildman–Crippen MR) is 102 cm³/mol. The molecule has 1 atom stereocenters. The first-order chi connectivity index (χ1) is 13.2. The molecule has 4 aromatic rings. The largest absolute Gasteiger partial charge is 0.397 e. The van der Waals surface area contributed by atoms with Crippen molar-refractivity contribution in [1.82, 2.24) is 24.6 Å². The number of hydrogen-bond acceptors (Lipinski definition) is 7. The van der Waals surface area contributed by atoms with Crippen LogP contribution in [-0.2, 0) is 0 Å². The zero-order valence-electron chi connectivity index (χ0n) is 14.5. The maximum atomic E-state index is 9.38. The summed E-state index contributed by atoms with van der Waals surface area (Å²) in [6.45, 7) is 1.97. The number of imidazole rings is 1. The fourth-order valence-electron chi connectivity index (χ4n) is 2.89. The first-order valence-electron chi connectivity index (χ1n) is 8.34. The number of rotatable bonds is 4. The van der Waals surface area contributed by atoms with Crippen molar-refractivity contribution in [1.29, 1.82) is 5.26 Å². The van der Waals surface area contributed by atoms with E-state index in [1.54, 1.807) is 35.4 Å². The Balaban J connectivity index is 1.81. The quantitative estimate of drug-likeness (QED) is 0.577. The van der Waals surface area contributed by atoms with Crippen molar-refractivity contribution in [2.24, 2.45) is 0 Å². The Morgan fingerprint density at radius 3 is 2.81 bits per heavy atom. The predicted octanol–water partition coefficient (Wildman–Crippen LogP) is 2.81. The standard InChI is InChI=1S/C19H16N8/c1-12(25-19-14(11-20)15(21)5-7-24-19)13-10-17-23-8-9-27(17)26-18(13)16-4-2-3-6-22-16/h2-10,12H,1H3,(H3,21,24,25). The van der Waals surface area contributed by atoms with Gasteiger partial charge in [-0.05, 0) is 31.2 Å². The summed E-state index contributed by atoms with van der Waals surface area (Å²) in [7, 11) is 0. The molecule has 0 bridgehead atoms. The highest BCUT2D eigenvalue weighted by molar-refractivity contribution is 5.67. The molecule has 1 unspecified atom stereocenters. The van der Waals surface area contributed by atoms with Crippen LogP contribution in [0.25, 0.3) is 17.0 Å². The molecule has 8 nitrogen and oxygen atoms in total. The molecule has 132 valence electrons. The lowest BCUT2D eigenvalue weighted by Gasteiger charge is -2.19. The van der Waals surface area contributed by atoms with Crippen molar-refractivity contribution in [3.63, 3.8) is 0 Å². The monoisotopic (exact) mass is 356 g/mol. The van der Waals surface area contributed by atoms with Crippen LogP contribution < -0.4 is 11.1 Å². The molecule has 0 aliphatic carbocycles. The fourth-order valence-corrected chi connectivity index (χ4v) is 2.89. The highest BCUT2D eigenvalue weighted by Crippen LogP contribution is 2.29. The van der Waals surface area contributed by atoms with Crippen molar-refractivity contribution in [2.75, 3.05) is 11.1 Å². The lowest BCUT2D eigenvalue weighted by molar-refractivity contribution is 0.839. The average Bonchev–Trinajstić information content (AvgIpc) is 3.15. The van der Waals surface area contributed by atoms with Crippen LogP contribution in [0.15, 0.2) is 55.1 Å². The number of aromatic nitrogens is 5. The normalized spacial score (nSPS) is 11.9. The molecule has 0 aromatic carbocycles. The summed E-state index contributed by atoms with van der Waals surface area (Å²) in [5, 5.41) is 17.3. The number of fused-ring (bicyclic) bond motifs is 1. The summed E-state index contributed by atoms with van der Waals surface area (Å²) >= 11 is 0. The minimum atomic E-state index is -0.211. The first-order valence-corrected chi connectivity index (χ1v) is 8.34. The molecule has 8 heteroatoms. The zero-order valence-corrected chi connectivity index (χ0v) is 14.5. The third-order valence-corrected chi connectivity index (χ3v) is 4.24. The van der Waals surface area contributed by atoms with Gasteiger partial charge in [0.25, 0.3) is 0 Å². The Morgan fingerprint density at radius 2 is 2.04 bits per heavy atom. The van der Waals surface area contributed by atoms with Crippen LogP contribution in [0.3, 0.4) is 0 Å². The molecule has 4 aromatic heterocycles. The lowest BCUT2D eigenvalue weighted by Crippen LogP contribution is -2.13. The van der Waals surface area contributed by atoms with E-state index in [0.29, 0.717) is 17.1 Å². The van der Waals surface area contributed by atoms with Gasteiger partial charge < -0.3 is 11.1 Å². The zero-order chi connectivity index (χ0) is 18.8. The van der Waals surface area contributed by atoms with Gasteiger partial charge in [-0.25, -0.2) is 14.5 Å². The van der Waals surface area contributed by atoms with Gasteiger partial charge in [-0.15, -0.1) is 0 Å². The summed E-state index contributed by atoms with van der Waals surface area (Å²) in [4.78, 5) is 13.0. The molecule has 0 aliphatic rings. The first kappa shape index (κ1) is 16.5. The molecule has 0 aliphatic heterocycles. The minimum absolute atomic E-state index is 0.211. The molecular weight excluding hydrogens is 340 g/mol. The summed E-state index contributed by atoms with van der Waals surface area (Å²) in [6, 6.07) is 11.1. The highest BCUT2D eigenvalue weighted by atomic mass is 15.2. The van der Waals surface area contributed by atoms with E-state index < -0.39 is 0 Å². The number of pyridine rings is 2. The van der Waals surface area contributed by atoms with Crippen molar-refractivity contribution < 1.29 is 0 Å². The molecule has 4 heterocycles. The smallest absolute Gasteiger partial charge is 0.153 e. The average molecular weight is 356 g/mol. The lowest BCUT2D eigenvalue weighted by atomic mass is 10.0. The van der Waals surface area contributed by atoms with Crippen LogP contribution in [0, 0.1) is 11.3 Å². The molecule has 0 saturated heterocycles. The number of nitrogens with two attached hydrogens (primary N) is 1. The van der Waals surface area contributed by atoms with Crippen molar-refractivity contribution in [3.8, 4) is 17.5 Å². The van der Waals surface area contributed by atoms with Gasteiger partial charge in [-0.2, -0.15) is 10.4 Å². The van der Waals surface area contributed by atoms with Crippen LogP contribution in [-0.4, -0.2) is 24.6 Å². The second kappa shape index (κ2) is 6.72. The molecule has 0 amide bonds. The van der Waals surface area contributed by atoms with Gasteiger partial charge in [0, 0.05) is 30.4 Å². The Hall–Kier alpha value is -3.99. The molecule has 27 heavy (non-hydrogen) atoms. The van der Waals surface area contributed by atoms with Gasteiger partial charge in [0.2, 0.25) is 0 Å². The molecule has 0 radical (unpaired) electrons. The molecule has 0 saturated carbocycles. The third kappa shape index (κ3) is 3.02. The number of nitriles is 1. The Bertz CT molecular complexity index is 1140. The summed E-state index contributed by atoms with van der Waals surface area (Å²) < 4.78 is 1.71. The Morgan fingerprint density at radius 1 is 1.15 bits per heavy atom. The van der Waals surface area contributed by atoms with Gasteiger partial charge in [0.05, 0.1) is 17.4 Å². The SMILES string of the molecule is CC(Nc1nccc(N)c1C#N)c1cc2nccn2nc1-c1ccccn1. The molecule has 0 spiro atoms. The second-order valence-corrected chi connectivity index (χ2v) is 5.99. The van der Waals surface area contributed by atoms with E-state index in [1.807, 2.05) is 31.2 Å². The Labute approximate surface area is 155 Å². The number of hydrogen-bond donors (Lipinski definition) is 2. The van der Waals surface area contributed by atoms with E-state index in [2.05, 4.69) is 31.4 Å². The van der Waals surface area contributed by atoms with Crippen molar-refractivity contribution >= 4 is 17.2 Å². The van der Waals surface area contributed by atoms with E-state index in [-0.39, 0.29) is 6.04 Å². The summed E-state index contributed by atoms with van der Waals surface area (Å²) in [5.74, 6) is 0.431. The van der Waals surface area contributed by atoms with Crippen LogP contribution >= 0.6 is 0 Å². The van der Waals surface area contributed by atoms with Gasteiger partial charge in [-0.1, -0.05) is 6.07 Å². The van der Waals surface area contributed by atoms with E-state index in [1.165, 1.54) is 0 Å². The van der Waals surface area contributed by atoms with Gasteiger partial charge >= 0.3 is 0 Å². The summed E-state index contributed by atoms with van der Waals surface area (Å²) in [6.07, 6.45) is 6.78. The second-order valence-electron chi connectivity index (χ2n) is 5.99. The third-order valence-electron chi connectivity index (χ3n) is 4.24. The highest BCUT2D eigenvalue weighted by Gasteiger charge is 2.18. The number of nitrogens with zero attached hydrogens (tertiary/aromatic N) is 6. The molecule has 4 rings (SSSR count). The van der Waals surface area contributed by atoms with E-state index in [9.17, 15) is 5.26 Å². The topological polar surface area (TPSA) is 118 Å². The van der Waals surface area contributed by atoms with Gasteiger partial charge in [0.15, 0.2) is 5.65 Å².